The van der Waals surface area contributed by atoms with E-state index in [4.69, 9.17) is 4.42 Å². The fourth-order valence-corrected chi connectivity index (χ4v) is 2.68. The van der Waals surface area contributed by atoms with Crippen LogP contribution in [0.25, 0.3) is 10.8 Å². The third-order valence-electron chi connectivity index (χ3n) is 3.27. The van der Waals surface area contributed by atoms with Gasteiger partial charge in [0.15, 0.2) is 0 Å². The molecule has 0 N–H and O–H groups in total. The highest BCUT2D eigenvalue weighted by atomic mass is 32.1. The molecule has 0 spiro atoms. The predicted molar refractivity (Wildman–Crippen MR) is 85.8 cm³/mol. The minimum Gasteiger partial charge on any atom is -0.420 e. The van der Waals surface area contributed by atoms with Gasteiger partial charge in [0.1, 0.15) is 0 Å². The van der Waals surface area contributed by atoms with E-state index in [1.807, 2.05) is 47.8 Å². The van der Waals surface area contributed by atoms with Crippen molar-refractivity contribution in [3.05, 3.63) is 53.7 Å². The van der Waals surface area contributed by atoms with Gasteiger partial charge >= 0.3 is 0 Å². The van der Waals surface area contributed by atoms with Crippen LogP contribution in [0.15, 0.2) is 52.3 Å². The summed E-state index contributed by atoms with van der Waals surface area (Å²) in [6.45, 7) is 0. The van der Waals surface area contributed by atoms with Crippen LogP contribution in [0, 0.1) is 0 Å². The molecule has 5 nitrogen and oxygen atoms in total. The average molecular weight is 313 g/mol. The van der Waals surface area contributed by atoms with Gasteiger partial charge in [-0.25, -0.2) is 0 Å². The largest absolute Gasteiger partial charge is 0.420 e. The van der Waals surface area contributed by atoms with Gasteiger partial charge in [-0.2, -0.15) is 0 Å². The van der Waals surface area contributed by atoms with E-state index in [-0.39, 0.29) is 5.91 Å². The van der Waals surface area contributed by atoms with Crippen molar-refractivity contribution in [1.82, 2.24) is 10.2 Å². The first-order valence-electron chi connectivity index (χ1n) is 6.92. The number of carbonyl (C=O) groups is 1. The Bertz CT molecular complexity index is 738. The van der Waals surface area contributed by atoms with Gasteiger partial charge in [0.25, 0.3) is 5.89 Å². The van der Waals surface area contributed by atoms with Crippen LogP contribution in [0.4, 0.5) is 5.69 Å². The number of benzene rings is 1. The van der Waals surface area contributed by atoms with Gasteiger partial charge in [0.2, 0.25) is 11.8 Å². The molecule has 112 valence electrons. The van der Waals surface area contributed by atoms with Crippen LogP contribution in [0.3, 0.4) is 0 Å². The number of para-hydroxylation sites is 1. The van der Waals surface area contributed by atoms with Crippen molar-refractivity contribution in [1.29, 1.82) is 0 Å². The lowest BCUT2D eigenvalue weighted by Gasteiger charge is -2.16. The van der Waals surface area contributed by atoms with E-state index >= 15 is 0 Å². The Kier molecular flexibility index (Phi) is 4.29. The number of nitrogens with zero attached hydrogens (tertiary/aromatic N) is 3. The third kappa shape index (κ3) is 3.23. The number of hydrogen-bond donors (Lipinski definition) is 0. The first kappa shape index (κ1) is 14.5. The number of rotatable bonds is 5. The summed E-state index contributed by atoms with van der Waals surface area (Å²) in [7, 11) is 1.77. The van der Waals surface area contributed by atoms with Crippen molar-refractivity contribution >= 4 is 22.9 Å². The molecule has 0 saturated carbocycles. The molecule has 0 aliphatic rings. The summed E-state index contributed by atoms with van der Waals surface area (Å²) in [6, 6.07) is 13.4. The molecule has 2 heterocycles. The van der Waals surface area contributed by atoms with Crippen molar-refractivity contribution in [2.24, 2.45) is 0 Å². The van der Waals surface area contributed by atoms with Gasteiger partial charge in [-0.15, -0.1) is 21.5 Å². The minimum atomic E-state index is 0.0158. The van der Waals surface area contributed by atoms with Gasteiger partial charge in [0, 0.05) is 25.6 Å². The molecule has 1 aromatic carbocycles. The van der Waals surface area contributed by atoms with Crippen molar-refractivity contribution in [2.75, 3.05) is 11.9 Å². The Balaban J connectivity index is 1.59. The Hall–Kier alpha value is -2.47. The highest BCUT2D eigenvalue weighted by Gasteiger charge is 2.14. The SMILES string of the molecule is CN(C(=O)CCc1nnc(-c2cccs2)o1)c1ccccc1. The topological polar surface area (TPSA) is 59.2 Å². The van der Waals surface area contributed by atoms with Gasteiger partial charge in [-0.1, -0.05) is 24.3 Å². The van der Waals surface area contributed by atoms with E-state index in [2.05, 4.69) is 10.2 Å². The second-order valence-corrected chi connectivity index (χ2v) is 5.71. The van der Waals surface area contributed by atoms with Crippen molar-refractivity contribution in [3.63, 3.8) is 0 Å². The molecular weight excluding hydrogens is 298 g/mol. The summed E-state index contributed by atoms with van der Waals surface area (Å²) >= 11 is 1.54. The fourth-order valence-electron chi connectivity index (χ4n) is 2.03. The summed E-state index contributed by atoms with van der Waals surface area (Å²) in [4.78, 5) is 14.8. The van der Waals surface area contributed by atoms with Crippen LogP contribution >= 0.6 is 11.3 Å². The number of aromatic nitrogens is 2. The number of thiophene rings is 1. The summed E-state index contributed by atoms with van der Waals surface area (Å²) in [5.74, 6) is 1.01. The maximum absolute atomic E-state index is 12.2. The van der Waals surface area contributed by atoms with E-state index in [1.165, 1.54) is 0 Å². The zero-order valence-electron chi connectivity index (χ0n) is 12.1. The molecule has 0 atom stereocenters. The highest BCUT2D eigenvalue weighted by Crippen LogP contribution is 2.23. The predicted octanol–water partition coefficient (Wildman–Crippen LogP) is 3.39. The summed E-state index contributed by atoms with van der Waals surface area (Å²) < 4.78 is 5.58. The van der Waals surface area contributed by atoms with E-state index in [0.29, 0.717) is 24.6 Å². The quantitative estimate of drug-likeness (QED) is 0.724. The zero-order chi connectivity index (χ0) is 15.4. The molecule has 3 aromatic rings. The van der Waals surface area contributed by atoms with Crippen LogP contribution in [-0.2, 0) is 11.2 Å². The van der Waals surface area contributed by atoms with Gasteiger partial charge in [-0.3, -0.25) is 4.79 Å². The van der Waals surface area contributed by atoms with Crippen molar-refractivity contribution in [2.45, 2.75) is 12.8 Å². The molecule has 1 amide bonds. The van der Waals surface area contributed by atoms with Crippen molar-refractivity contribution < 1.29 is 9.21 Å². The standard InChI is InChI=1S/C16H15N3O2S/c1-19(12-6-3-2-4-7-12)15(20)10-9-14-17-18-16(21-14)13-8-5-11-22-13/h2-8,11H,9-10H2,1H3. The number of amides is 1. The lowest BCUT2D eigenvalue weighted by Crippen LogP contribution is -2.26. The zero-order valence-corrected chi connectivity index (χ0v) is 12.9. The van der Waals surface area contributed by atoms with Crippen LogP contribution in [0.1, 0.15) is 12.3 Å². The summed E-state index contributed by atoms with van der Waals surface area (Å²) in [5, 5.41) is 9.96. The van der Waals surface area contributed by atoms with Gasteiger partial charge in [-0.05, 0) is 23.6 Å². The molecule has 0 bridgehead atoms. The van der Waals surface area contributed by atoms with E-state index < -0.39 is 0 Å². The Morgan fingerprint density at radius 3 is 2.73 bits per heavy atom. The van der Waals surface area contributed by atoms with E-state index in [9.17, 15) is 4.79 Å². The number of hydrogen-bond acceptors (Lipinski definition) is 5. The van der Waals surface area contributed by atoms with Crippen LogP contribution in [0.2, 0.25) is 0 Å². The molecule has 0 aliphatic carbocycles. The van der Waals surface area contributed by atoms with E-state index in [1.54, 1.807) is 23.3 Å². The monoisotopic (exact) mass is 313 g/mol. The molecule has 0 saturated heterocycles. The molecule has 6 heteroatoms. The molecule has 0 radical (unpaired) electrons. The maximum Gasteiger partial charge on any atom is 0.257 e. The summed E-state index contributed by atoms with van der Waals surface area (Å²) in [5.41, 5.74) is 0.873. The van der Waals surface area contributed by atoms with Gasteiger partial charge in [0.05, 0.1) is 4.88 Å². The van der Waals surface area contributed by atoms with Gasteiger partial charge < -0.3 is 9.32 Å². The first-order valence-corrected chi connectivity index (χ1v) is 7.80. The fraction of sp³-hybridized carbons (Fsp3) is 0.188. The first-order chi connectivity index (χ1) is 10.7. The minimum absolute atomic E-state index is 0.0158. The Morgan fingerprint density at radius 2 is 2.00 bits per heavy atom. The summed E-state index contributed by atoms with van der Waals surface area (Å²) in [6.07, 6.45) is 0.770. The Morgan fingerprint density at radius 1 is 1.18 bits per heavy atom. The smallest absolute Gasteiger partial charge is 0.257 e. The normalized spacial score (nSPS) is 10.6. The van der Waals surface area contributed by atoms with Crippen LogP contribution in [-0.4, -0.2) is 23.2 Å². The number of carbonyl (C=O) groups excluding carboxylic acids is 1. The number of aryl methyl sites for hydroxylation is 1. The lowest BCUT2D eigenvalue weighted by molar-refractivity contribution is -0.118. The van der Waals surface area contributed by atoms with Crippen molar-refractivity contribution in [3.8, 4) is 10.8 Å². The maximum atomic E-state index is 12.2. The second kappa shape index (κ2) is 6.53. The molecule has 3 rings (SSSR count). The molecular formula is C16H15N3O2S. The number of anilines is 1. The van der Waals surface area contributed by atoms with Crippen LogP contribution < -0.4 is 4.90 Å². The second-order valence-electron chi connectivity index (χ2n) is 4.77. The van der Waals surface area contributed by atoms with E-state index in [0.717, 1.165) is 10.6 Å². The third-order valence-corrected chi connectivity index (χ3v) is 4.13. The molecule has 0 unspecified atom stereocenters. The lowest BCUT2D eigenvalue weighted by atomic mass is 10.2. The molecule has 0 aliphatic heterocycles. The van der Waals surface area contributed by atoms with Crippen LogP contribution in [0.5, 0.6) is 0 Å². The average Bonchev–Trinajstić information content (AvgIpc) is 3.23. The highest BCUT2D eigenvalue weighted by molar-refractivity contribution is 7.13. The Labute approximate surface area is 132 Å². The molecule has 22 heavy (non-hydrogen) atoms. The molecule has 0 fully saturated rings. The molecule has 2 aromatic heterocycles.